The van der Waals surface area contributed by atoms with Gasteiger partial charge in [-0.1, -0.05) is 6.07 Å². The summed E-state index contributed by atoms with van der Waals surface area (Å²) in [5.41, 5.74) is 1.85. The molecule has 1 atom stereocenters. The third kappa shape index (κ3) is 4.11. The van der Waals surface area contributed by atoms with Crippen molar-refractivity contribution in [2.24, 2.45) is 0 Å². The summed E-state index contributed by atoms with van der Waals surface area (Å²) in [5, 5.41) is 9.83. The molecule has 0 spiro atoms. The van der Waals surface area contributed by atoms with E-state index in [2.05, 4.69) is 4.74 Å². The van der Waals surface area contributed by atoms with Crippen LogP contribution in [0.1, 0.15) is 30.1 Å². The van der Waals surface area contributed by atoms with E-state index in [0.29, 0.717) is 12.2 Å². The fraction of sp³-hybridized carbons (Fsp3) is 0.538. The monoisotopic (exact) mass is 276 g/mol. The average Bonchev–Trinajstić information content (AvgIpc) is 2.34. The van der Waals surface area contributed by atoms with Crippen molar-refractivity contribution >= 4 is 0 Å². The van der Waals surface area contributed by atoms with Crippen molar-refractivity contribution < 1.29 is 27.8 Å². The predicted octanol–water partition coefficient (Wildman–Crippen LogP) is 2.97. The number of rotatable bonds is 4. The van der Waals surface area contributed by atoms with Gasteiger partial charge in [0, 0.05) is 0 Å². The van der Waals surface area contributed by atoms with Gasteiger partial charge in [0.05, 0.1) is 6.10 Å². The fourth-order valence-corrected chi connectivity index (χ4v) is 2.11. The van der Waals surface area contributed by atoms with Crippen LogP contribution in [-0.4, -0.2) is 24.7 Å². The molecular formula is C13H15F3O3. The minimum atomic E-state index is -4.35. The van der Waals surface area contributed by atoms with Crippen LogP contribution in [0.4, 0.5) is 13.2 Å². The molecule has 1 aliphatic rings. The third-order valence-corrected chi connectivity index (χ3v) is 2.97. The maximum Gasteiger partial charge on any atom is 0.411 e. The molecule has 0 aromatic heterocycles. The summed E-state index contributed by atoms with van der Waals surface area (Å²) in [6, 6.07) is 5.17. The number of hydrogen-bond donors (Lipinski definition) is 1. The summed E-state index contributed by atoms with van der Waals surface area (Å²) in [4.78, 5) is 0. The number of halogens is 3. The van der Waals surface area contributed by atoms with Crippen molar-refractivity contribution in [3.63, 3.8) is 0 Å². The van der Waals surface area contributed by atoms with Crippen LogP contribution in [0.25, 0.3) is 0 Å². The molecule has 0 heterocycles. The third-order valence-electron chi connectivity index (χ3n) is 2.97. The smallest absolute Gasteiger partial charge is 0.411 e. The van der Waals surface area contributed by atoms with Gasteiger partial charge in [-0.05, 0) is 42.5 Å². The Kier molecular flexibility index (Phi) is 4.31. The SMILES string of the molecule is OC1CCCc2ccc(OCOCC(F)(F)F)cc21. The summed E-state index contributed by atoms with van der Waals surface area (Å²) in [7, 11) is 0. The zero-order valence-electron chi connectivity index (χ0n) is 10.2. The Labute approximate surface area is 108 Å². The zero-order chi connectivity index (χ0) is 13.9. The Hall–Kier alpha value is -1.27. The van der Waals surface area contributed by atoms with Crippen LogP contribution < -0.4 is 4.74 Å². The van der Waals surface area contributed by atoms with Gasteiger partial charge in [-0.25, -0.2) is 0 Å². The topological polar surface area (TPSA) is 38.7 Å². The van der Waals surface area contributed by atoms with E-state index in [-0.39, 0.29) is 0 Å². The Morgan fingerprint density at radius 2 is 2.11 bits per heavy atom. The summed E-state index contributed by atoms with van der Waals surface area (Å²) in [5.74, 6) is 0.405. The number of benzene rings is 1. The van der Waals surface area contributed by atoms with Crippen LogP contribution in [0.15, 0.2) is 18.2 Å². The lowest BCUT2D eigenvalue weighted by Gasteiger charge is -2.22. The van der Waals surface area contributed by atoms with Crippen LogP contribution in [0.2, 0.25) is 0 Å². The van der Waals surface area contributed by atoms with Gasteiger partial charge in [-0.3, -0.25) is 0 Å². The molecular weight excluding hydrogens is 261 g/mol. The quantitative estimate of drug-likeness (QED) is 0.678. The van der Waals surface area contributed by atoms with E-state index in [1.807, 2.05) is 6.07 Å². The number of aliphatic hydroxyl groups excluding tert-OH is 1. The summed E-state index contributed by atoms with van der Waals surface area (Å²) >= 11 is 0. The minimum Gasteiger partial charge on any atom is -0.468 e. The molecule has 0 amide bonds. The van der Waals surface area contributed by atoms with Crippen LogP contribution in [0, 0.1) is 0 Å². The lowest BCUT2D eigenvalue weighted by molar-refractivity contribution is -0.186. The van der Waals surface area contributed by atoms with Crippen molar-refractivity contribution in [2.45, 2.75) is 31.5 Å². The van der Waals surface area contributed by atoms with Gasteiger partial charge in [-0.2, -0.15) is 13.2 Å². The number of aliphatic hydroxyl groups is 1. The second-order valence-corrected chi connectivity index (χ2v) is 4.49. The molecule has 19 heavy (non-hydrogen) atoms. The highest BCUT2D eigenvalue weighted by Gasteiger charge is 2.27. The molecule has 1 aromatic carbocycles. The van der Waals surface area contributed by atoms with Gasteiger partial charge in [0.1, 0.15) is 12.4 Å². The van der Waals surface area contributed by atoms with Crippen molar-refractivity contribution in [1.82, 2.24) is 0 Å². The van der Waals surface area contributed by atoms with Gasteiger partial charge in [-0.15, -0.1) is 0 Å². The molecule has 0 radical (unpaired) electrons. The molecule has 1 aromatic rings. The van der Waals surface area contributed by atoms with Gasteiger partial charge < -0.3 is 14.6 Å². The van der Waals surface area contributed by atoms with Gasteiger partial charge in [0.2, 0.25) is 0 Å². The first kappa shape index (κ1) is 14.1. The van der Waals surface area contributed by atoms with Gasteiger partial charge >= 0.3 is 6.18 Å². The average molecular weight is 276 g/mol. The van der Waals surface area contributed by atoms with E-state index in [0.717, 1.165) is 24.0 Å². The van der Waals surface area contributed by atoms with Crippen LogP contribution >= 0.6 is 0 Å². The Bertz CT molecular complexity index is 432. The molecule has 0 aliphatic heterocycles. The van der Waals surface area contributed by atoms with Crippen LogP contribution in [0.3, 0.4) is 0 Å². The zero-order valence-corrected chi connectivity index (χ0v) is 10.2. The first-order valence-electron chi connectivity index (χ1n) is 6.04. The van der Waals surface area contributed by atoms with Crippen LogP contribution in [0.5, 0.6) is 5.75 Å². The minimum absolute atomic E-state index is 0.405. The highest BCUT2D eigenvalue weighted by atomic mass is 19.4. The number of hydrogen-bond acceptors (Lipinski definition) is 3. The van der Waals surface area contributed by atoms with Gasteiger partial charge in [0.15, 0.2) is 6.79 Å². The molecule has 0 bridgehead atoms. The highest BCUT2D eigenvalue weighted by molar-refractivity contribution is 5.38. The standard InChI is InChI=1S/C13H15F3O3/c14-13(15,16)7-18-8-19-10-5-4-9-2-1-3-12(17)11(9)6-10/h4-6,12,17H,1-3,7-8H2. The van der Waals surface area contributed by atoms with Crippen molar-refractivity contribution in [1.29, 1.82) is 0 Å². The molecule has 1 unspecified atom stereocenters. The first-order valence-corrected chi connectivity index (χ1v) is 6.04. The predicted molar refractivity (Wildman–Crippen MR) is 61.8 cm³/mol. The number of alkyl halides is 3. The lowest BCUT2D eigenvalue weighted by Crippen LogP contribution is -2.19. The molecule has 3 nitrogen and oxygen atoms in total. The molecule has 0 saturated carbocycles. The molecule has 1 N–H and O–H groups in total. The van der Waals surface area contributed by atoms with Gasteiger partial charge in [0.25, 0.3) is 0 Å². The molecule has 1 aliphatic carbocycles. The normalized spacial score (nSPS) is 19.1. The lowest BCUT2D eigenvalue weighted by atomic mass is 9.89. The maximum atomic E-state index is 11.8. The molecule has 6 heteroatoms. The number of aryl methyl sites for hydroxylation is 1. The van der Waals surface area contributed by atoms with E-state index in [1.165, 1.54) is 0 Å². The van der Waals surface area contributed by atoms with E-state index in [9.17, 15) is 18.3 Å². The van der Waals surface area contributed by atoms with E-state index in [4.69, 9.17) is 4.74 Å². The molecule has 0 saturated heterocycles. The second-order valence-electron chi connectivity index (χ2n) is 4.49. The van der Waals surface area contributed by atoms with E-state index >= 15 is 0 Å². The first-order chi connectivity index (χ1) is 8.96. The number of fused-ring (bicyclic) bond motifs is 1. The van der Waals surface area contributed by atoms with Crippen LogP contribution in [-0.2, 0) is 11.2 Å². The molecule has 2 rings (SSSR count). The fourth-order valence-electron chi connectivity index (χ4n) is 2.11. The highest BCUT2D eigenvalue weighted by Crippen LogP contribution is 2.32. The number of ether oxygens (including phenoxy) is 2. The summed E-state index contributed by atoms with van der Waals surface area (Å²) in [6.45, 7) is -1.80. The largest absolute Gasteiger partial charge is 0.468 e. The summed E-state index contributed by atoms with van der Waals surface area (Å²) < 4.78 is 45.0. The van der Waals surface area contributed by atoms with Crippen molar-refractivity contribution in [3.05, 3.63) is 29.3 Å². The summed E-state index contributed by atoms with van der Waals surface area (Å²) in [6.07, 6.45) is -2.35. The second kappa shape index (κ2) is 5.79. The Morgan fingerprint density at radius 3 is 2.84 bits per heavy atom. The van der Waals surface area contributed by atoms with E-state index in [1.54, 1.807) is 12.1 Å². The van der Waals surface area contributed by atoms with Crippen molar-refractivity contribution in [3.8, 4) is 5.75 Å². The van der Waals surface area contributed by atoms with E-state index < -0.39 is 25.7 Å². The van der Waals surface area contributed by atoms with Crippen molar-refractivity contribution in [2.75, 3.05) is 13.4 Å². The maximum absolute atomic E-state index is 11.8. The Balaban J connectivity index is 1.89. The molecule has 0 fully saturated rings. The molecule has 106 valence electrons. The Morgan fingerprint density at radius 1 is 1.32 bits per heavy atom.